The lowest BCUT2D eigenvalue weighted by Gasteiger charge is -2.21. The molecule has 1 aliphatic heterocycles. The Bertz CT molecular complexity index is 814. The van der Waals surface area contributed by atoms with Crippen molar-refractivity contribution in [2.45, 2.75) is 46.0 Å². The second kappa shape index (κ2) is 6.98. The summed E-state index contributed by atoms with van der Waals surface area (Å²) in [5, 5.41) is 9.43. The highest BCUT2D eigenvalue weighted by atomic mass is 16.5. The fraction of sp³-hybridized carbons (Fsp3) is 0.429. The molecule has 0 saturated heterocycles. The van der Waals surface area contributed by atoms with Crippen molar-refractivity contribution >= 4 is 17.7 Å². The molecule has 5 nitrogen and oxygen atoms in total. The van der Waals surface area contributed by atoms with Crippen molar-refractivity contribution in [2.75, 3.05) is 7.11 Å². The van der Waals surface area contributed by atoms with Crippen LogP contribution in [0.25, 0.3) is 5.76 Å². The van der Waals surface area contributed by atoms with E-state index in [1.54, 1.807) is 19.9 Å². The first kappa shape index (κ1) is 18.2. The first-order valence-electron chi connectivity index (χ1n) is 8.89. The molecule has 0 amide bonds. The lowest BCUT2D eigenvalue weighted by atomic mass is 9.84. The van der Waals surface area contributed by atoms with Crippen molar-refractivity contribution < 1.29 is 24.2 Å². The number of aliphatic carboxylic acids is 1. The molecule has 0 saturated carbocycles. The van der Waals surface area contributed by atoms with Crippen LogP contribution in [0.5, 0.6) is 5.75 Å². The molecule has 0 spiro atoms. The number of carboxylic acids is 1. The van der Waals surface area contributed by atoms with Crippen LogP contribution >= 0.6 is 0 Å². The fourth-order valence-electron chi connectivity index (χ4n) is 3.36. The molecular formula is C21H24O5. The van der Waals surface area contributed by atoms with Crippen molar-refractivity contribution in [3.63, 3.8) is 0 Å². The van der Waals surface area contributed by atoms with Crippen molar-refractivity contribution in [2.24, 2.45) is 5.41 Å². The molecular weight excluding hydrogens is 332 g/mol. The summed E-state index contributed by atoms with van der Waals surface area (Å²) < 4.78 is 10.9. The number of ether oxygens (including phenoxy) is 2. The molecule has 1 aliphatic carbocycles. The molecule has 0 unspecified atom stereocenters. The van der Waals surface area contributed by atoms with E-state index in [1.165, 1.54) is 19.1 Å². The summed E-state index contributed by atoms with van der Waals surface area (Å²) in [5.74, 6) is -0.233. The molecule has 0 aromatic heterocycles. The Kier molecular flexibility index (Phi) is 4.90. The van der Waals surface area contributed by atoms with Gasteiger partial charge in [0.2, 0.25) is 0 Å². The summed E-state index contributed by atoms with van der Waals surface area (Å²) in [7, 11) is 1.52. The van der Waals surface area contributed by atoms with Crippen LogP contribution in [0.2, 0.25) is 0 Å². The number of hydrogen-bond donors (Lipinski definition) is 1. The molecule has 0 radical (unpaired) electrons. The number of benzene rings is 1. The maximum Gasteiger partial charge on any atom is 0.344 e. The number of cyclic esters (lactones) is 1. The average molecular weight is 356 g/mol. The standard InChI is InChI=1S/C21H24O5/c1-21(2,20(23)24)12-14-10-15-16(11-17(14)25-3)19(22)26-18(15)9-13-7-5-4-6-8-13/h7,9-11H,4-6,8,12H2,1-3H3,(H,23,24)/b18-9-. The van der Waals surface area contributed by atoms with Gasteiger partial charge in [-0.05, 0) is 75.3 Å². The molecule has 1 N–H and O–H groups in total. The van der Waals surface area contributed by atoms with E-state index in [1.807, 2.05) is 12.1 Å². The van der Waals surface area contributed by atoms with Gasteiger partial charge in [-0.25, -0.2) is 4.79 Å². The Morgan fingerprint density at radius 2 is 2.08 bits per heavy atom. The van der Waals surface area contributed by atoms with Gasteiger partial charge in [-0.15, -0.1) is 0 Å². The highest BCUT2D eigenvalue weighted by Gasteiger charge is 2.33. The lowest BCUT2D eigenvalue weighted by Crippen LogP contribution is -2.26. The molecule has 0 bridgehead atoms. The lowest BCUT2D eigenvalue weighted by molar-refractivity contribution is -0.146. The highest BCUT2D eigenvalue weighted by molar-refractivity contribution is 6.03. The van der Waals surface area contributed by atoms with Crippen LogP contribution in [0.15, 0.2) is 29.9 Å². The molecule has 26 heavy (non-hydrogen) atoms. The number of carbonyl (C=O) groups is 2. The zero-order chi connectivity index (χ0) is 18.9. The number of methoxy groups -OCH3 is 1. The van der Waals surface area contributed by atoms with Gasteiger partial charge >= 0.3 is 11.9 Å². The van der Waals surface area contributed by atoms with Crippen molar-refractivity contribution in [1.82, 2.24) is 0 Å². The van der Waals surface area contributed by atoms with Crippen molar-refractivity contribution in [1.29, 1.82) is 0 Å². The minimum atomic E-state index is -0.944. The average Bonchev–Trinajstić information content (AvgIpc) is 2.89. The Morgan fingerprint density at radius 3 is 2.69 bits per heavy atom. The maximum absolute atomic E-state index is 12.3. The fourth-order valence-corrected chi connectivity index (χ4v) is 3.36. The topological polar surface area (TPSA) is 72.8 Å². The number of allylic oxidation sites excluding steroid dienone is 3. The third-order valence-corrected chi connectivity index (χ3v) is 4.96. The normalized spacial score (nSPS) is 18.3. The smallest absolute Gasteiger partial charge is 0.344 e. The Hall–Kier alpha value is -2.56. The zero-order valence-electron chi connectivity index (χ0n) is 15.4. The predicted molar refractivity (Wildman–Crippen MR) is 98.1 cm³/mol. The summed E-state index contributed by atoms with van der Waals surface area (Å²) >= 11 is 0. The SMILES string of the molecule is COc1cc2c(cc1CC(C)(C)C(=O)O)/C(=C/C1=CCCCC1)OC2=O. The molecule has 138 valence electrons. The van der Waals surface area contributed by atoms with Gasteiger partial charge in [0, 0.05) is 5.56 Å². The molecule has 1 heterocycles. The highest BCUT2D eigenvalue weighted by Crippen LogP contribution is 2.38. The number of fused-ring (bicyclic) bond motifs is 1. The molecule has 0 atom stereocenters. The van der Waals surface area contributed by atoms with Crippen LogP contribution in [0.4, 0.5) is 0 Å². The van der Waals surface area contributed by atoms with E-state index in [0.717, 1.165) is 24.8 Å². The van der Waals surface area contributed by atoms with E-state index < -0.39 is 17.4 Å². The van der Waals surface area contributed by atoms with E-state index in [0.29, 0.717) is 29.1 Å². The molecule has 1 aromatic rings. The van der Waals surface area contributed by atoms with E-state index in [4.69, 9.17) is 9.47 Å². The van der Waals surface area contributed by atoms with Gasteiger partial charge in [-0.3, -0.25) is 4.79 Å². The van der Waals surface area contributed by atoms with Crippen molar-refractivity contribution in [3.8, 4) is 5.75 Å². The van der Waals surface area contributed by atoms with Gasteiger partial charge in [-0.2, -0.15) is 0 Å². The van der Waals surface area contributed by atoms with Gasteiger partial charge in [-0.1, -0.05) is 6.08 Å². The van der Waals surface area contributed by atoms with Gasteiger partial charge in [0.05, 0.1) is 18.1 Å². The maximum atomic E-state index is 12.3. The molecule has 3 rings (SSSR count). The number of carboxylic acid groups (broad SMARTS) is 1. The second-order valence-electron chi connectivity index (χ2n) is 7.50. The zero-order valence-corrected chi connectivity index (χ0v) is 15.4. The largest absolute Gasteiger partial charge is 0.496 e. The first-order valence-corrected chi connectivity index (χ1v) is 8.89. The van der Waals surface area contributed by atoms with Gasteiger partial charge < -0.3 is 14.6 Å². The molecule has 2 aliphatic rings. The quantitative estimate of drug-likeness (QED) is 0.794. The van der Waals surface area contributed by atoms with Crippen LogP contribution in [0.1, 0.15) is 61.0 Å². The monoisotopic (exact) mass is 356 g/mol. The summed E-state index contributed by atoms with van der Waals surface area (Å²) in [6.45, 7) is 3.35. The third-order valence-electron chi connectivity index (χ3n) is 4.96. The van der Waals surface area contributed by atoms with E-state index >= 15 is 0 Å². The van der Waals surface area contributed by atoms with Crippen LogP contribution < -0.4 is 4.74 Å². The van der Waals surface area contributed by atoms with Gasteiger partial charge in [0.1, 0.15) is 11.5 Å². The number of esters is 1. The minimum Gasteiger partial charge on any atom is -0.496 e. The number of rotatable bonds is 5. The van der Waals surface area contributed by atoms with E-state index in [9.17, 15) is 14.7 Å². The van der Waals surface area contributed by atoms with Gasteiger partial charge in [0.25, 0.3) is 0 Å². The molecule has 0 fully saturated rings. The summed E-state index contributed by atoms with van der Waals surface area (Å²) in [4.78, 5) is 23.8. The third kappa shape index (κ3) is 3.52. The predicted octanol–water partition coefficient (Wildman–Crippen LogP) is 4.36. The summed E-state index contributed by atoms with van der Waals surface area (Å²) in [6.07, 6.45) is 8.75. The van der Waals surface area contributed by atoms with E-state index in [2.05, 4.69) is 6.08 Å². The Labute approximate surface area is 153 Å². The number of hydrogen-bond acceptors (Lipinski definition) is 4. The van der Waals surface area contributed by atoms with Crippen molar-refractivity contribution in [3.05, 3.63) is 46.5 Å². The summed E-state index contributed by atoms with van der Waals surface area (Å²) in [6, 6.07) is 3.49. The van der Waals surface area contributed by atoms with Crippen LogP contribution in [0, 0.1) is 5.41 Å². The second-order valence-corrected chi connectivity index (χ2v) is 7.50. The van der Waals surface area contributed by atoms with Crippen LogP contribution in [0.3, 0.4) is 0 Å². The van der Waals surface area contributed by atoms with Crippen LogP contribution in [-0.4, -0.2) is 24.2 Å². The summed E-state index contributed by atoms with van der Waals surface area (Å²) in [5.41, 5.74) is 2.15. The van der Waals surface area contributed by atoms with E-state index in [-0.39, 0.29) is 0 Å². The minimum absolute atomic E-state index is 0.295. The molecule has 5 heteroatoms. The Morgan fingerprint density at radius 1 is 1.31 bits per heavy atom. The van der Waals surface area contributed by atoms with Gasteiger partial charge in [0.15, 0.2) is 0 Å². The first-order chi connectivity index (χ1) is 12.3. The number of carbonyl (C=O) groups excluding carboxylic acids is 1. The van der Waals surface area contributed by atoms with Crippen LogP contribution in [-0.2, 0) is 16.0 Å². The Balaban J connectivity index is 2.03. The molecule has 1 aromatic carbocycles.